The molecule has 1 aliphatic rings. The van der Waals surface area contributed by atoms with Crippen molar-refractivity contribution in [2.24, 2.45) is 0 Å². The average molecular weight is 374 g/mol. The van der Waals surface area contributed by atoms with Gasteiger partial charge in [-0.15, -0.1) is 0 Å². The molecule has 0 bridgehead atoms. The molecule has 2 aromatic carbocycles. The number of hydrogen-bond acceptors (Lipinski definition) is 6. The molecule has 3 rings (SSSR count). The molecule has 6 heteroatoms. The molecular weight excluding hydrogens is 348 g/mol. The van der Waals surface area contributed by atoms with E-state index >= 15 is 0 Å². The van der Waals surface area contributed by atoms with E-state index in [1.165, 1.54) is 0 Å². The summed E-state index contributed by atoms with van der Waals surface area (Å²) in [5.41, 5.74) is 2.98. The first-order valence-corrected chi connectivity index (χ1v) is 8.73. The molecule has 0 spiro atoms. The van der Waals surface area contributed by atoms with Crippen molar-refractivity contribution in [1.82, 2.24) is 0 Å². The van der Waals surface area contributed by atoms with Crippen molar-refractivity contribution in [1.29, 1.82) is 0 Å². The predicted molar refractivity (Wildman–Crippen MR) is 102 cm³/mol. The van der Waals surface area contributed by atoms with Crippen LogP contribution in [0.2, 0.25) is 0 Å². The zero-order valence-corrected chi connectivity index (χ0v) is 16.6. The maximum absolute atomic E-state index is 6.36. The minimum absolute atomic E-state index is 0.183. The van der Waals surface area contributed by atoms with Crippen LogP contribution in [0.4, 0.5) is 0 Å². The summed E-state index contributed by atoms with van der Waals surface area (Å²) in [4.78, 5) is 0. The van der Waals surface area contributed by atoms with Gasteiger partial charge in [-0.1, -0.05) is 0 Å². The summed E-state index contributed by atoms with van der Waals surface area (Å²) in [6.45, 7) is 2.02. The van der Waals surface area contributed by atoms with Gasteiger partial charge in [0.25, 0.3) is 0 Å². The SMILES string of the molecule is COc1cc(C)cc2c1CC(OC)C(c1cc(OC)c(OC)c(OC)c1)O2. The first kappa shape index (κ1) is 19.2. The Morgan fingerprint density at radius 1 is 0.815 bits per heavy atom. The van der Waals surface area contributed by atoms with Crippen LogP contribution in [0.5, 0.6) is 28.7 Å². The number of hydrogen-bond donors (Lipinski definition) is 0. The van der Waals surface area contributed by atoms with Gasteiger partial charge < -0.3 is 28.4 Å². The highest BCUT2D eigenvalue weighted by Crippen LogP contribution is 2.45. The molecule has 0 fully saturated rings. The first-order chi connectivity index (χ1) is 13.1. The maximum atomic E-state index is 6.36. The van der Waals surface area contributed by atoms with E-state index in [1.54, 1.807) is 35.5 Å². The fourth-order valence-corrected chi connectivity index (χ4v) is 3.52. The first-order valence-electron chi connectivity index (χ1n) is 8.73. The van der Waals surface area contributed by atoms with Crippen LogP contribution in [0.3, 0.4) is 0 Å². The van der Waals surface area contributed by atoms with Crippen LogP contribution < -0.4 is 23.7 Å². The van der Waals surface area contributed by atoms with Crippen molar-refractivity contribution in [2.45, 2.75) is 25.6 Å². The summed E-state index contributed by atoms with van der Waals surface area (Å²) in [6.07, 6.45) is 0.177. The van der Waals surface area contributed by atoms with Crippen LogP contribution in [0, 0.1) is 6.92 Å². The molecule has 0 amide bonds. The van der Waals surface area contributed by atoms with Gasteiger partial charge in [-0.3, -0.25) is 0 Å². The van der Waals surface area contributed by atoms with Gasteiger partial charge in [0.15, 0.2) is 17.6 Å². The highest BCUT2D eigenvalue weighted by atomic mass is 16.5. The third kappa shape index (κ3) is 3.49. The Bertz CT molecular complexity index is 792. The Labute approximate surface area is 159 Å². The molecule has 0 radical (unpaired) electrons. The number of rotatable bonds is 6. The molecule has 1 aliphatic heterocycles. The summed E-state index contributed by atoms with van der Waals surface area (Å²) in [6, 6.07) is 7.83. The summed E-state index contributed by atoms with van der Waals surface area (Å²) in [5, 5.41) is 0. The summed E-state index contributed by atoms with van der Waals surface area (Å²) in [7, 11) is 8.13. The highest BCUT2D eigenvalue weighted by Gasteiger charge is 2.34. The van der Waals surface area contributed by atoms with Gasteiger partial charge in [-0.05, 0) is 36.8 Å². The van der Waals surface area contributed by atoms with E-state index in [0.29, 0.717) is 23.7 Å². The smallest absolute Gasteiger partial charge is 0.203 e. The Morgan fingerprint density at radius 3 is 1.96 bits per heavy atom. The van der Waals surface area contributed by atoms with Gasteiger partial charge in [0.1, 0.15) is 17.6 Å². The Hall–Kier alpha value is -2.60. The van der Waals surface area contributed by atoms with Crippen molar-refractivity contribution >= 4 is 0 Å². The van der Waals surface area contributed by atoms with Gasteiger partial charge in [-0.25, -0.2) is 0 Å². The van der Waals surface area contributed by atoms with Gasteiger partial charge in [0.05, 0.1) is 28.4 Å². The molecule has 0 N–H and O–H groups in total. The number of aryl methyl sites for hydroxylation is 1. The Kier molecular flexibility index (Phi) is 5.65. The van der Waals surface area contributed by atoms with E-state index in [2.05, 4.69) is 0 Å². The lowest BCUT2D eigenvalue weighted by Crippen LogP contribution is -2.32. The third-order valence-corrected chi connectivity index (χ3v) is 4.85. The second-order valence-electron chi connectivity index (χ2n) is 6.42. The predicted octanol–water partition coefficient (Wildman–Crippen LogP) is 3.72. The lowest BCUT2D eigenvalue weighted by molar-refractivity contribution is -0.0122. The van der Waals surface area contributed by atoms with Crippen molar-refractivity contribution in [2.75, 3.05) is 35.5 Å². The molecule has 6 nitrogen and oxygen atoms in total. The fraction of sp³-hybridized carbons (Fsp3) is 0.429. The van der Waals surface area contributed by atoms with Crippen molar-refractivity contribution in [3.8, 4) is 28.7 Å². The molecule has 1 heterocycles. The molecule has 0 saturated heterocycles. The molecule has 2 unspecified atom stereocenters. The normalized spacial score (nSPS) is 18.3. The van der Waals surface area contributed by atoms with Crippen LogP contribution in [-0.4, -0.2) is 41.7 Å². The molecule has 0 saturated carbocycles. The summed E-state index contributed by atoms with van der Waals surface area (Å²) >= 11 is 0. The van der Waals surface area contributed by atoms with Crippen LogP contribution in [0.1, 0.15) is 22.8 Å². The molecule has 146 valence electrons. The van der Waals surface area contributed by atoms with Gasteiger partial charge in [0, 0.05) is 24.7 Å². The molecule has 2 atom stereocenters. The average Bonchev–Trinajstić information content (AvgIpc) is 2.70. The van der Waals surface area contributed by atoms with E-state index in [9.17, 15) is 0 Å². The van der Waals surface area contributed by atoms with Crippen LogP contribution in [0.15, 0.2) is 24.3 Å². The lowest BCUT2D eigenvalue weighted by Gasteiger charge is -2.34. The largest absolute Gasteiger partial charge is 0.496 e. The Morgan fingerprint density at radius 2 is 1.44 bits per heavy atom. The van der Waals surface area contributed by atoms with Crippen molar-refractivity contribution in [3.63, 3.8) is 0 Å². The number of methoxy groups -OCH3 is 5. The van der Waals surface area contributed by atoms with E-state index in [4.69, 9.17) is 28.4 Å². The van der Waals surface area contributed by atoms with E-state index in [-0.39, 0.29) is 12.2 Å². The number of fused-ring (bicyclic) bond motifs is 1. The lowest BCUT2D eigenvalue weighted by atomic mass is 9.93. The van der Waals surface area contributed by atoms with Crippen molar-refractivity contribution in [3.05, 3.63) is 41.0 Å². The highest BCUT2D eigenvalue weighted by molar-refractivity contribution is 5.55. The number of ether oxygens (including phenoxy) is 6. The van der Waals surface area contributed by atoms with E-state index < -0.39 is 0 Å². The number of benzene rings is 2. The second-order valence-corrected chi connectivity index (χ2v) is 6.42. The van der Waals surface area contributed by atoms with Gasteiger partial charge in [0.2, 0.25) is 5.75 Å². The van der Waals surface area contributed by atoms with Crippen LogP contribution in [0.25, 0.3) is 0 Å². The Balaban J connectivity index is 2.08. The topological polar surface area (TPSA) is 55.4 Å². The summed E-state index contributed by atoms with van der Waals surface area (Å²) < 4.78 is 34.0. The van der Waals surface area contributed by atoms with Gasteiger partial charge >= 0.3 is 0 Å². The maximum Gasteiger partial charge on any atom is 0.203 e. The van der Waals surface area contributed by atoms with E-state index in [0.717, 1.165) is 28.2 Å². The molecule has 27 heavy (non-hydrogen) atoms. The van der Waals surface area contributed by atoms with Crippen molar-refractivity contribution < 1.29 is 28.4 Å². The zero-order valence-electron chi connectivity index (χ0n) is 16.6. The molecule has 0 aliphatic carbocycles. The van der Waals surface area contributed by atoms with Crippen LogP contribution >= 0.6 is 0 Å². The molecular formula is C21H26O6. The van der Waals surface area contributed by atoms with Gasteiger partial charge in [-0.2, -0.15) is 0 Å². The van der Waals surface area contributed by atoms with E-state index in [1.807, 2.05) is 31.2 Å². The fourth-order valence-electron chi connectivity index (χ4n) is 3.52. The van der Waals surface area contributed by atoms with Crippen LogP contribution in [-0.2, 0) is 11.2 Å². The standard InChI is InChI=1S/C21H26O6/c1-12-7-15(22-2)14-11-19(25-5)20(27-16(14)8-12)13-9-17(23-3)21(26-6)18(10-13)24-4/h7-10,19-20H,11H2,1-6H3. The summed E-state index contributed by atoms with van der Waals surface area (Å²) in [5.74, 6) is 3.33. The third-order valence-electron chi connectivity index (χ3n) is 4.85. The molecule has 0 aromatic heterocycles. The zero-order chi connectivity index (χ0) is 19.6. The minimum atomic E-state index is -0.317. The molecule has 2 aromatic rings. The monoisotopic (exact) mass is 374 g/mol. The second kappa shape index (κ2) is 7.96. The minimum Gasteiger partial charge on any atom is -0.496 e. The quantitative estimate of drug-likeness (QED) is 0.768.